The molecule has 18 heteroatoms. The van der Waals surface area contributed by atoms with E-state index in [1.807, 2.05) is 57.7 Å². The third-order valence-corrected chi connectivity index (χ3v) is 12.0. The van der Waals surface area contributed by atoms with Crippen molar-refractivity contribution in [1.29, 1.82) is 0 Å². The third kappa shape index (κ3) is 7.18. The Morgan fingerprint density at radius 1 is 0.611 bits per heavy atom. The topological polar surface area (TPSA) is 224 Å². The molecule has 0 amide bonds. The number of hydrogen-bond donors (Lipinski definition) is 4. The third-order valence-electron chi connectivity index (χ3n) is 9.12. The molecule has 4 heterocycles. The van der Waals surface area contributed by atoms with Gasteiger partial charge in [0.05, 0.1) is 45.1 Å². The van der Waals surface area contributed by atoms with Crippen LogP contribution in [0.3, 0.4) is 0 Å². The molecular weight excluding hydrogens is 733 g/mol. The van der Waals surface area contributed by atoms with E-state index in [-0.39, 0.29) is 47.6 Å². The van der Waals surface area contributed by atoms with Gasteiger partial charge in [-0.05, 0) is 30.3 Å². The summed E-state index contributed by atoms with van der Waals surface area (Å²) in [6.45, 7) is 1.19. The first-order valence-corrected chi connectivity index (χ1v) is 20.1. The number of benzene rings is 3. The summed E-state index contributed by atoms with van der Waals surface area (Å²) in [5.74, 6) is 1.87. The molecule has 0 spiro atoms. The van der Waals surface area contributed by atoms with Crippen LogP contribution in [0.15, 0.2) is 82.6 Å². The smallest absolute Gasteiger partial charge is 0.240 e. The molecule has 7 aromatic rings. The number of hydrogen-bond acceptors (Lipinski definition) is 12. The van der Waals surface area contributed by atoms with Gasteiger partial charge in [-0.2, -0.15) is 0 Å². The van der Waals surface area contributed by atoms with Crippen molar-refractivity contribution in [2.24, 2.45) is 0 Å². The molecule has 0 unspecified atom stereocenters. The van der Waals surface area contributed by atoms with Crippen LogP contribution in [-0.2, 0) is 55.5 Å². The summed E-state index contributed by atoms with van der Waals surface area (Å²) >= 11 is 0. The number of nitrogens with one attached hydrogen (secondary N) is 2. The molecule has 4 aromatic heterocycles. The summed E-state index contributed by atoms with van der Waals surface area (Å²) < 4.78 is 73.8. The molecule has 0 bridgehead atoms. The van der Waals surface area contributed by atoms with Gasteiger partial charge in [0.25, 0.3) is 0 Å². The largest absolute Gasteiger partial charge is 0.384 e. The maximum Gasteiger partial charge on any atom is 0.240 e. The zero-order valence-corrected chi connectivity index (χ0v) is 31.3. The van der Waals surface area contributed by atoms with Gasteiger partial charge in [-0.1, -0.05) is 42.5 Å². The van der Waals surface area contributed by atoms with Crippen molar-refractivity contribution in [1.82, 2.24) is 38.5 Å². The van der Waals surface area contributed by atoms with Crippen molar-refractivity contribution < 1.29 is 26.3 Å². The Labute approximate surface area is 311 Å². The van der Waals surface area contributed by atoms with Crippen LogP contribution >= 0.6 is 0 Å². The Kier molecular flexibility index (Phi) is 10.5. The van der Waals surface area contributed by atoms with Crippen molar-refractivity contribution in [2.75, 3.05) is 52.0 Å². The van der Waals surface area contributed by atoms with Crippen LogP contribution in [0.1, 0.15) is 11.6 Å². The maximum absolute atomic E-state index is 13.5. The molecule has 0 atom stereocenters. The second kappa shape index (κ2) is 15.2. The summed E-state index contributed by atoms with van der Waals surface area (Å²) in [5, 5.41) is 1.65. The van der Waals surface area contributed by atoms with Crippen LogP contribution in [-0.4, -0.2) is 86.4 Å². The average Bonchev–Trinajstić information content (AvgIpc) is 3.72. The highest BCUT2D eigenvalue weighted by atomic mass is 32.2. The number of ether oxygens (including phenoxy) is 2. The van der Waals surface area contributed by atoms with Gasteiger partial charge in [-0.25, -0.2) is 46.2 Å². The van der Waals surface area contributed by atoms with E-state index in [9.17, 15) is 16.8 Å². The second-order valence-corrected chi connectivity index (χ2v) is 16.1. The number of nitrogens with two attached hydrogens (primary N) is 2. The zero-order chi connectivity index (χ0) is 38.0. The van der Waals surface area contributed by atoms with Crippen LogP contribution in [0.25, 0.3) is 43.9 Å². The van der Waals surface area contributed by atoms with Crippen molar-refractivity contribution >= 4 is 75.6 Å². The van der Waals surface area contributed by atoms with Gasteiger partial charge in [0.2, 0.25) is 20.0 Å². The first-order valence-electron chi connectivity index (χ1n) is 17.2. The SMILES string of the molecule is COCCc1nc2c(N)nc3ccccc3c2n1CCNS(=O)(=O)c1cccc(S(=O)(=O)NCCn2c(CCOC)nc3c(N)nc4ccccc4c32)c1. The van der Waals surface area contributed by atoms with E-state index in [2.05, 4.69) is 19.4 Å². The lowest BCUT2D eigenvalue weighted by molar-refractivity contribution is 0.199. The number of anilines is 2. The second-order valence-electron chi connectivity index (χ2n) is 12.5. The minimum atomic E-state index is -4.13. The standard InChI is InChI=1S/C36H40N10O6S2/c1-51-20-14-29-43-31-33(25-10-3-5-12-27(25)41-35(31)37)45(29)18-16-39-53(47,48)23-8-7-9-24(22-23)54(49,50)40-17-19-46-30(15-21-52-2)44-32-34(46)26-11-4-6-13-28(26)42-36(32)38/h3-13,22,39-40H,14-21H2,1-2H3,(H2,37,41)(H2,38,42). The molecule has 6 N–H and O–H groups in total. The number of rotatable bonds is 16. The van der Waals surface area contributed by atoms with Crippen LogP contribution in [0.2, 0.25) is 0 Å². The predicted octanol–water partition coefficient (Wildman–Crippen LogP) is 2.98. The van der Waals surface area contributed by atoms with Crippen molar-refractivity contribution in [3.63, 3.8) is 0 Å². The Morgan fingerprint density at radius 2 is 1.04 bits per heavy atom. The molecule has 54 heavy (non-hydrogen) atoms. The number of nitrogens with zero attached hydrogens (tertiary/aromatic N) is 6. The molecule has 0 aliphatic heterocycles. The van der Waals surface area contributed by atoms with Gasteiger partial charge in [-0.3, -0.25) is 0 Å². The average molecular weight is 773 g/mol. The molecule has 3 aromatic carbocycles. The molecule has 0 aliphatic rings. The highest BCUT2D eigenvalue weighted by Crippen LogP contribution is 2.30. The molecule has 16 nitrogen and oxygen atoms in total. The van der Waals surface area contributed by atoms with Crippen LogP contribution in [0, 0.1) is 0 Å². The number of fused-ring (bicyclic) bond motifs is 6. The van der Waals surface area contributed by atoms with E-state index in [1.54, 1.807) is 14.2 Å². The minimum Gasteiger partial charge on any atom is -0.384 e. The van der Waals surface area contributed by atoms with E-state index >= 15 is 0 Å². The van der Waals surface area contributed by atoms with Crippen molar-refractivity contribution in [2.45, 2.75) is 35.7 Å². The minimum absolute atomic E-state index is 0.0153. The lowest BCUT2D eigenvalue weighted by Gasteiger charge is -2.14. The van der Waals surface area contributed by atoms with E-state index in [0.29, 0.717) is 59.8 Å². The Balaban J connectivity index is 1.09. The fourth-order valence-corrected chi connectivity index (χ4v) is 8.83. The number of methoxy groups -OCH3 is 2. The number of aromatic nitrogens is 6. The highest BCUT2D eigenvalue weighted by molar-refractivity contribution is 7.90. The summed E-state index contributed by atoms with van der Waals surface area (Å²) in [4.78, 5) is 18.0. The van der Waals surface area contributed by atoms with Gasteiger partial charge >= 0.3 is 0 Å². The summed E-state index contributed by atoms with van der Waals surface area (Å²) in [5.41, 5.74) is 16.5. The van der Waals surface area contributed by atoms with Gasteiger partial charge in [-0.15, -0.1) is 0 Å². The molecule has 282 valence electrons. The van der Waals surface area contributed by atoms with Crippen molar-refractivity contribution in [3.05, 3.63) is 84.4 Å². The Bertz CT molecular complexity index is 2550. The fourth-order valence-electron chi connectivity index (χ4n) is 6.62. The van der Waals surface area contributed by atoms with Gasteiger partial charge in [0.1, 0.15) is 22.7 Å². The van der Waals surface area contributed by atoms with Crippen molar-refractivity contribution in [3.8, 4) is 0 Å². The van der Waals surface area contributed by atoms with Gasteiger partial charge < -0.3 is 30.1 Å². The molecule has 0 radical (unpaired) electrons. The van der Waals surface area contributed by atoms with Crippen LogP contribution in [0.5, 0.6) is 0 Å². The fraction of sp³-hybridized carbons (Fsp3) is 0.278. The number of para-hydroxylation sites is 2. The first kappa shape index (κ1) is 37.1. The molecule has 0 aliphatic carbocycles. The molecule has 0 saturated heterocycles. The zero-order valence-electron chi connectivity index (χ0n) is 29.7. The quantitative estimate of drug-likeness (QED) is 0.111. The lowest BCUT2D eigenvalue weighted by Crippen LogP contribution is -2.29. The van der Waals surface area contributed by atoms with E-state index < -0.39 is 20.0 Å². The predicted molar refractivity (Wildman–Crippen MR) is 207 cm³/mol. The number of pyridine rings is 2. The maximum atomic E-state index is 13.5. The summed E-state index contributed by atoms with van der Waals surface area (Å²) in [6, 6.07) is 20.3. The Morgan fingerprint density at radius 3 is 1.46 bits per heavy atom. The Hall–Kier alpha value is -5.24. The first-order chi connectivity index (χ1) is 26.0. The van der Waals surface area contributed by atoms with Gasteiger partial charge in [0, 0.05) is 64.0 Å². The molecule has 0 saturated carbocycles. The van der Waals surface area contributed by atoms with E-state index in [0.717, 1.165) is 27.9 Å². The van der Waals surface area contributed by atoms with E-state index in [1.165, 1.54) is 18.2 Å². The monoisotopic (exact) mass is 772 g/mol. The van der Waals surface area contributed by atoms with E-state index in [4.69, 9.17) is 30.9 Å². The molecular formula is C36H40N10O6S2. The lowest BCUT2D eigenvalue weighted by atomic mass is 10.2. The normalized spacial score (nSPS) is 12.5. The number of imidazole rings is 2. The van der Waals surface area contributed by atoms with Crippen LogP contribution < -0.4 is 20.9 Å². The van der Waals surface area contributed by atoms with Gasteiger partial charge in [0.15, 0.2) is 11.6 Å². The summed E-state index contributed by atoms with van der Waals surface area (Å²) in [7, 11) is -5.08. The highest BCUT2D eigenvalue weighted by Gasteiger charge is 2.23. The van der Waals surface area contributed by atoms with Crippen LogP contribution in [0.4, 0.5) is 11.6 Å². The summed E-state index contributed by atoms with van der Waals surface area (Å²) in [6.07, 6.45) is 0.929. The molecule has 7 rings (SSSR count). The number of sulfonamides is 2. The number of nitrogen functional groups attached to an aromatic ring is 2. The molecule has 0 fully saturated rings.